The topological polar surface area (TPSA) is 56.2 Å². The number of rotatable bonds is 5. The Hall–Kier alpha value is -1.13. The fourth-order valence-electron chi connectivity index (χ4n) is 3.70. The van der Waals surface area contributed by atoms with Gasteiger partial charge in [0.05, 0.1) is 19.8 Å². The Morgan fingerprint density at radius 1 is 1.21 bits per heavy atom. The smallest absolute Gasteiger partial charge is 0.194 e. The fraction of sp³-hybridized carbons (Fsp3) is 0.700. The van der Waals surface area contributed by atoms with Gasteiger partial charge in [0.25, 0.3) is 0 Å². The highest BCUT2D eigenvalue weighted by Crippen LogP contribution is 2.18. The van der Waals surface area contributed by atoms with Gasteiger partial charge in [-0.1, -0.05) is 6.07 Å². The van der Waals surface area contributed by atoms with Crippen LogP contribution in [-0.2, 0) is 4.74 Å². The van der Waals surface area contributed by atoms with Crippen molar-refractivity contribution < 1.29 is 4.74 Å². The van der Waals surface area contributed by atoms with E-state index in [2.05, 4.69) is 51.8 Å². The third-order valence-electron chi connectivity index (χ3n) is 5.34. The van der Waals surface area contributed by atoms with Crippen molar-refractivity contribution in [2.24, 2.45) is 4.99 Å². The zero-order valence-electron chi connectivity index (χ0n) is 17.4. The number of ether oxygens (including phenoxy) is 1. The molecule has 1 aromatic rings. The predicted molar refractivity (Wildman–Crippen MR) is 126 cm³/mol. The number of hydrogen-bond donors (Lipinski definition) is 1. The van der Waals surface area contributed by atoms with Gasteiger partial charge in [0.1, 0.15) is 5.82 Å². The number of hydrogen-bond acceptors (Lipinski definition) is 5. The van der Waals surface area contributed by atoms with E-state index in [-0.39, 0.29) is 29.5 Å². The molecule has 0 unspecified atom stereocenters. The number of aliphatic imine (C=N–C) groups is 1. The van der Waals surface area contributed by atoms with Gasteiger partial charge in [0.2, 0.25) is 0 Å². The van der Waals surface area contributed by atoms with Crippen LogP contribution in [0.15, 0.2) is 29.4 Å². The molecule has 0 amide bonds. The SMILES string of the molecule is CCNC(=NCCN1CCOCC1(C)C)N1CCN(c2ccccn2)CC1.I. The Bertz CT molecular complexity index is 604. The zero-order valence-corrected chi connectivity index (χ0v) is 19.8. The first-order valence-electron chi connectivity index (χ1n) is 10.1. The average Bonchev–Trinajstić information content (AvgIpc) is 2.69. The van der Waals surface area contributed by atoms with Gasteiger partial charge in [-0.2, -0.15) is 0 Å². The van der Waals surface area contributed by atoms with Crippen LogP contribution in [0.25, 0.3) is 0 Å². The molecule has 0 bridgehead atoms. The van der Waals surface area contributed by atoms with E-state index in [0.29, 0.717) is 0 Å². The molecule has 1 aromatic heterocycles. The van der Waals surface area contributed by atoms with Crippen molar-refractivity contribution in [3.8, 4) is 0 Å². The van der Waals surface area contributed by atoms with Gasteiger partial charge in [-0.05, 0) is 32.9 Å². The largest absolute Gasteiger partial charge is 0.378 e. The summed E-state index contributed by atoms with van der Waals surface area (Å²) >= 11 is 0. The average molecular weight is 502 g/mol. The Kier molecular flexibility index (Phi) is 9.23. The molecule has 2 saturated heterocycles. The number of nitrogens with zero attached hydrogens (tertiary/aromatic N) is 5. The van der Waals surface area contributed by atoms with Gasteiger partial charge >= 0.3 is 0 Å². The molecule has 0 spiro atoms. The summed E-state index contributed by atoms with van der Waals surface area (Å²) in [6.45, 7) is 15.8. The van der Waals surface area contributed by atoms with Crippen LogP contribution in [0, 0.1) is 0 Å². The minimum absolute atomic E-state index is 0. The molecule has 2 fully saturated rings. The number of nitrogens with one attached hydrogen (secondary N) is 1. The van der Waals surface area contributed by atoms with Crippen LogP contribution in [0.3, 0.4) is 0 Å². The van der Waals surface area contributed by atoms with Crippen molar-refractivity contribution in [2.45, 2.75) is 26.3 Å². The lowest BCUT2D eigenvalue weighted by Crippen LogP contribution is -2.54. The lowest BCUT2D eigenvalue weighted by Gasteiger charge is -2.42. The number of aromatic nitrogens is 1. The molecular formula is C20H35IN6O. The minimum atomic E-state index is 0. The molecular weight excluding hydrogens is 467 g/mol. The van der Waals surface area contributed by atoms with Gasteiger partial charge in [-0.15, -0.1) is 24.0 Å². The first-order chi connectivity index (χ1) is 13.1. The summed E-state index contributed by atoms with van der Waals surface area (Å²) in [6.07, 6.45) is 1.86. The molecule has 0 aromatic carbocycles. The van der Waals surface area contributed by atoms with E-state index in [4.69, 9.17) is 9.73 Å². The van der Waals surface area contributed by atoms with Crippen LogP contribution in [0.1, 0.15) is 20.8 Å². The van der Waals surface area contributed by atoms with Crippen LogP contribution in [0.4, 0.5) is 5.82 Å². The monoisotopic (exact) mass is 502 g/mol. The van der Waals surface area contributed by atoms with E-state index < -0.39 is 0 Å². The number of anilines is 1. The lowest BCUT2D eigenvalue weighted by atomic mass is 10.0. The van der Waals surface area contributed by atoms with Crippen LogP contribution < -0.4 is 10.2 Å². The summed E-state index contributed by atoms with van der Waals surface area (Å²) in [5, 5.41) is 3.46. The van der Waals surface area contributed by atoms with Crippen LogP contribution >= 0.6 is 24.0 Å². The quantitative estimate of drug-likeness (QED) is 0.377. The van der Waals surface area contributed by atoms with E-state index in [0.717, 1.165) is 77.3 Å². The van der Waals surface area contributed by atoms with E-state index in [1.165, 1.54) is 0 Å². The summed E-state index contributed by atoms with van der Waals surface area (Å²) in [6, 6.07) is 6.10. The third-order valence-corrected chi connectivity index (χ3v) is 5.34. The Morgan fingerprint density at radius 3 is 2.64 bits per heavy atom. The van der Waals surface area contributed by atoms with Crippen molar-refractivity contribution in [2.75, 3.05) is 70.5 Å². The van der Waals surface area contributed by atoms with Gasteiger partial charge in [-0.3, -0.25) is 9.89 Å². The minimum Gasteiger partial charge on any atom is -0.378 e. The van der Waals surface area contributed by atoms with E-state index in [1.807, 2.05) is 18.3 Å². The normalized spacial score (nSPS) is 20.6. The Balaban J connectivity index is 0.00000280. The summed E-state index contributed by atoms with van der Waals surface area (Å²) in [5.41, 5.74) is 0.0976. The van der Waals surface area contributed by atoms with Gasteiger partial charge < -0.3 is 19.9 Å². The highest BCUT2D eigenvalue weighted by Gasteiger charge is 2.30. The van der Waals surface area contributed by atoms with Crippen LogP contribution in [-0.4, -0.2) is 91.9 Å². The van der Waals surface area contributed by atoms with E-state index >= 15 is 0 Å². The second kappa shape index (κ2) is 11.2. The molecule has 3 rings (SSSR count). The van der Waals surface area contributed by atoms with Crippen molar-refractivity contribution in [3.05, 3.63) is 24.4 Å². The van der Waals surface area contributed by atoms with E-state index in [1.54, 1.807) is 0 Å². The maximum atomic E-state index is 5.61. The molecule has 7 nitrogen and oxygen atoms in total. The van der Waals surface area contributed by atoms with Crippen molar-refractivity contribution in [3.63, 3.8) is 0 Å². The van der Waals surface area contributed by atoms with Crippen molar-refractivity contribution in [1.29, 1.82) is 0 Å². The van der Waals surface area contributed by atoms with Gasteiger partial charge in [0.15, 0.2) is 5.96 Å². The number of piperazine rings is 1. The lowest BCUT2D eigenvalue weighted by molar-refractivity contribution is -0.0491. The van der Waals surface area contributed by atoms with Gasteiger partial charge in [-0.25, -0.2) is 4.98 Å². The van der Waals surface area contributed by atoms with E-state index in [9.17, 15) is 0 Å². The summed E-state index contributed by atoms with van der Waals surface area (Å²) in [4.78, 5) is 16.6. The predicted octanol–water partition coefficient (Wildman–Crippen LogP) is 1.90. The summed E-state index contributed by atoms with van der Waals surface area (Å²) < 4.78 is 5.61. The second-order valence-corrected chi connectivity index (χ2v) is 7.75. The van der Waals surface area contributed by atoms with Crippen molar-refractivity contribution >= 4 is 35.8 Å². The molecule has 8 heteroatoms. The molecule has 0 radical (unpaired) electrons. The highest BCUT2D eigenvalue weighted by atomic mass is 127. The molecule has 28 heavy (non-hydrogen) atoms. The molecule has 2 aliphatic heterocycles. The number of guanidine groups is 1. The number of morpholine rings is 1. The molecule has 1 N–H and O–H groups in total. The molecule has 2 aliphatic rings. The first kappa shape index (κ1) is 23.2. The standard InChI is InChI=1S/C20H34N6O.HI/c1-4-21-19(23-9-10-26-15-16-27-17-20(26,2)3)25-13-11-24(12-14-25)18-7-5-6-8-22-18;/h5-8H,4,9-17H2,1-3H3,(H,21,23);1H. The Labute approximate surface area is 186 Å². The summed E-state index contributed by atoms with van der Waals surface area (Å²) in [5.74, 6) is 2.10. The van der Waals surface area contributed by atoms with Crippen LogP contribution in [0.2, 0.25) is 0 Å². The second-order valence-electron chi connectivity index (χ2n) is 7.75. The van der Waals surface area contributed by atoms with Crippen molar-refractivity contribution in [1.82, 2.24) is 20.1 Å². The number of halogens is 1. The first-order valence-corrected chi connectivity index (χ1v) is 10.1. The van der Waals surface area contributed by atoms with Crippen LogP contribution in [0.5, 0.6) is 0 Å². The molecule has 0 aliphatic carbocycles. The molecule has 0 atom stereocenters. The zero-order chi connectivity index (χ0) is 19.1. The summed E-state index contributed by atoms with van der Waals surface area (Å²) in [7, 11) is 0. The molecule has 158 valence electrons. The molecule has 0 saturated carbocycles. The maximum Gasteiger partial charge on any atom is 0.194 e. The number of pyridine rings is 1. The van der Waals surface area contributed by atoms with Gasteiger partial charge in [0, 0.05) is 57.5 Å². The highest BCUT2D eigenvalue weighted by molar-refractivity contribution is 14.0. The Morgan fingerprint density at radius 2 is 2.00 bits per heavy atom. The third kappa shape index (κ3) is 6.18. The fourth-order valence-corrected chi connectivity index (χ4v) is 3.70. The molecule has 3 heterocycles. The maximum absolute atomic E-state index is 5.61.